The van der Waals surface area contributed by atoms with Gasteiger partial charge >= 0.3 is 5.97 Å². The summed E-state index contributed by atoms with van der Waals surface area (Å²) in [5.74, 6) is -0.643. The van der Waals surface area contributed by atoms with E-state index in [4.69, 9.17) is 16.3 Å². The number of halogens is 1. The van der Waals surface area contributed by atoms with Gasteiger partial charge in [-0.25, -0.2) is 4.79 Å². The van der Waals surface area contributed by atoms with Crippen LogP contribution in [-0.4, -0.2) is 22.9 Å². The largest absolute Gasteiger partial charge is 0.453 e. The molecule has 0 aliphatic rings. The molecule has 0 saturated carbocycles. The first-order valence-electron chi connectivity index (χ1n) is 9.03. The van der Waals surface area contributed by atoms with Gasteiger partial charge in [-0.1, -0.05) is 23.7 Å². The van der Waals surface area contributed by atoms with E-state index in [0.717, 1.165) is 34.3 Å². The molecule has 0 unspecified atom stereocenters. The van der Waals surface area contributed by atoms with Gasteiger partial charge < -0.3 is 9.30 Å². The summed E-state index contributed by atoms with van der Waals surface area (Å²) in [5, 5.41) is 0.720. The number of hydrogen-bond donors (Lipinski definition) is 0. The van der Waals surface area contributed by atoms with E-state index in [0.29, 0.717) is 10.4 Å². The van der Waals surface area contributed by atoms with Crippen LogP contribution in [0.4, 0.5) is 0 Å². The topological polar surface area (TPSA) is 48.3 Å². The Bertz CT molecular complexity index is 1000. The average molecular weight is 416 g/mol. The Kier molecular flexibility index (Phi) is 6.37. The van der Waals surface area contributed by atoms with Crippen molar-refractivity contribution < 1.29 is 14.3 Å². The maximum absolute atomic E-state index is 12.6. The molecule has 0 radical (unpaired) electrons. The lowest BCUT2D eigenvalue weighted by Gasteiger charge is -2.10. The molecule has 28 heavy (non-hydrogen) atoms. The number of esters is 1. The molecule has 0 saturated heterocycles. The summed E-state index contributed by atoms with van der Waals surface area (Å²) in [6.45, 7) is 6.34. The van der Waals surface area contributed by atoms with E-state index < -0.39 is 5.97 Å². The highest BCUT2D eigenvalue weighted by Crippen LogP contribution is 2.19. The monoisotopic (exact) mass is 415 g/mol. The van der Waals surface area contributed by atoms with Crippen molar-refractivity contribution in [3.05, 3.63) is 79.8 Å². The number of aromatic nitrogens is 1. The molecule has 0 fully saturated rings. The number of benzene rings is 1. The van der Waals surface area contributed by atoms with Crippen LogP contribution in [0.3, 0.4) is 0 Å². The number of carbonyl (C=O) groups is 2. The molecule has 2 aromatic heterocycles. The fourth-order valence-corrected chi connectivity index (χ4v) is 4.03. The van der Waals surface area contributed by atoms with Crippen LogP contribution in [0, 0.1) is 20.8 Å². The molecular formula is C22H22ClNO3S. The highest BCUT2D eigenvalue weighted by atomic mass is 35.5. The maximum Gasteiger partial charge on any atom is 0.348 e. The van der Waals surface area contributed by atoms with Crippen LogP contribution in [0.15, 0.2) is 42.5 Å². The molecule has 0 aliphatic heterocycles. The number of ether oxygens (including phenoxy) is 1. The molecule has 146 valence electrons. The third-order valence-corrected chi connectivity index (χ3v) is 5.92. The van der Waals surface area contributed by atoms with Crippen molar-refractivity contribution in [2.75, 3.05) is 6.61 Å². The number of hydrogen-bond acceptors (Lipinski definition) is 4. The lowest BCUT2D eigenvalue weighted by atomic mass is 10.1. The Labute approximate surface area is 173 Å². The zero-order valence-corrected chi connectivity index (χ0v) is 17.7. The van der Waals surface area contributed by atoms with Gasteiger partial charge in [0.05, 0.1) is 0 Å². The lowest BCUT2D eigenvalue weighted by Crippen LogP contribution is -2.14. The minimum atomic E-state index is -0.456. The molecule has 0 amide bonds. The fourth-order valence-electron chi connectivity index (χ4n) is 3.14. The number of Topliss-reactive ketones (excluding diaryl/α,β-unsaturated/α-hetero) is 1. The molecule has 1 aromatic carbocycles. The number of rotatable bonds is 7. The molecule has 4 nitrogen and oxygen atoms in total. The van der Waals surface area contributed by atoms with Crippen LogP contribution in [0.1, 0.15) is 41.9 Å². The summed E-state index contributed by atoms with van der Waals surface area (Å²) in [5.41, 5.74) is 3.68. The van der Waals surface area contributed by atoms with Gasteiger partial charge in [-0.15, -0.1) is 11.3 Å². The van der Waals surface area contributed by atoms with Crippen molar-refractivity contribution in [1.29, 1.82) is 0 Å². The van der Waals surface area contributed by atoms with E-state index in [-0.39, 0.29) is 12.4 Å². The van der Waals surface area contributed by atoms with Gasteiger partial charge in [0.25, 0.3) is 0 Å². The van der Waals surface area contributed by atoms with Crippen molar-refractivity contribution in [3.63, 3.8) is 0 Å². The van der Waals surface area contributed by atoms with Gasteiger partial charge in [-0.3, -0.25) is 4.79 Å². The Morgan fingerprint density at radius 3 is 2.43 bits per heavy atom. The van der Waals surface area contributed by atoms with Crippen LogP contribution in [0.5, 0.6) is 0 Å². The second-order valence-electron chi connectivity index (χ2n) is 6.72. The number of aryl methyl sites for hydroxylation is 3. The lowest BCUT2D eigenvalue weighted by molar-refractivity contribution is 0.0479. The number of thiophene rings is 1. The first kappa shape index (κ1) is 20.4. The summed E-state index contributed by atoms with van der Waals surface area (Å²) < 4.78 is 7.32. The van der Waals surface area contributed by atoms with Crippen molar-refractivity contribution in [2.24, 2.45) is 0 Å². The van der Waals surface area contributed by atoms with Gasteiger partial charge in [0.1, 0.15) is 4.88 Å². The fraction of sp³-hybridized carbons (Fsp3) is 0.273. The molecule has 3 aromatic rings. The van der Waals surface area contributed by atoms with E-state index >= 15 is 0 Å². The number of nitrogens with zero attached hydrogens (tertiary/aromatic N) is 1. The predicted molar refractivity (Wildman–Crippen MR) is 113 cm³/mol. The summed E-state index contributed by atoms with van der Waals surface area (Å²) >= 11 is 7.29. The van der Waals surface area contributed by atoms with E-state index in [1.807, 2.05) is 57.2 Å². The SMILES string of the molecule is Cc1ccc(C(=O)OCC(=O)c2cc(C)n(CCc3ccc(Cl)cc3)c2C)s1. The molecule has 0 N–H and O–H groups in total. The molecule has 2 heterocycles. The Morgan fingerprint density at radius 2 is 1.79 bits per heavy atom. The van der Waals surface area contributed by atoms with Crippen molar-refractivity contribution in [3.8, 4) is 0 Å². The van der Waals surface area contributed by atoms with Gasteiger partial charge in [-0.05, 0) is 63.1 Å². The summed E-state index contributed by atoms with van der Waals surface area (Å²) in [7, 11) is 0. The zero-order valence-electron chi connectivity index (χ0n) is 16.1. The second-order valence-corrected chi connectivity index (χ2v) is 8.45. The van der Waals surface area contributed by atoms with Crippen LogP contribution in [0.25, 0.3) is 0 Å². The van der Waals surface area contributed by atoms with Gasteiger partial charge in [-0.2, -0.15) is 0 Å². The molecular weight excluding hydrogens is 394 g/mol. The first-order valence-corrected chi connectivity index (χ1v) is 10.2. The summed E-state index contributed by atoms with van der Waals surface area (Å²) in [4.78, 5) is 26.2. The summed E-state index contributed by atoms with van der Waals surface area (Å²) in [6.07, 6.45) is 0.841. The minimum Gasteiger partial charge on any atom is -0.453 e. The third kappa shape index (κ3) is 4.72. The Hall–Kier alpha value is -2.37. The van der Waals surface area contributed by atoms with E-state index in [9.17, 15) is 9.59 Å². The normalized spacial score (nSPS) is 10.9. The molecule has 3 rings (SSSR count). The van der Waals surface area contributed by atoms with E-state index in [1.54, 1.807) is 6.07 Å². The van der Waals surface area contributed by atoms with Crippen molar-refractivity contribution in [2.45, 2.75) is 33.7 Å². The van der Waals surface area contributed by atoms with E-state index in [2.05, 4.69) is 4.57 Å². The summed E-state index contributed by atoms with van der Waals surface area (Å²) in [6, 6.07) is 13.2. The Balaban J connectivity index is 1.64. The van der Waals surface area contributed by atoms with E-state index in [1.165, 1.54) is 16.9 Å². The second kappa shape index (κ2) is 8.76. The van der Waals surface area contributed by atoms with Crippen LogP contribution in [0.2, 0.25) is 5.02 Å². The molecule has 6 heteroatoms. The van der Waals surface area contributed by atoms with Crippen LogP contribution in [-0.2, 0) is 17.7 Å². The third-order valence-electron chi connectivity index (χ3n) is 4.69. The average Bonchev–Trinajstić information content (AvgIpc) is 3.23. The number of ketones is 1. The Morgan fingerprint density at radius 1 is 1.07 bits per heavy atom. The van der Waals surface area contributed by atoms with Crippen LogP contribution >= 0.6 is 22.9 Å². The van der Waals surface area contributed by atoms with Crippen molar-refractivity contribution >= 4 is 34.7 Å². The minimum absolute atomic E-state index is 0.188. The highest BCUT2D eigenvalue weighted by Gasteiger charge is 2.18. The molecule has 0 atom stereocenters. The van der Waals surface area contributed by atoms with Gasteiger partial charge in [0.15, 0.2) is 6.61 Å². The smallest absolute Gasteiger partial charge is 0.348 e. The van der Waals surface area contributed by atoms with Crippen molar-refractivity contribution in [1.82, 2.24) is 4.57 Å². The highest BCUT2D eigenvalue weighted by molar-refractivity contribution is 7.13. The zero-order chi connectivity index (χ0) is 20.3. The molecule has 0 spiro atoms. The molecule has 0 bridgehead atoms. The molecule has 0 aliphatic carbocycles. The van der Waals surface area contributed by atoms with Crippen LogP contribution < -0.4 is 0 Å². The van der Waals surface area contributed by atoms with Gasteiger partial charge in [0.2, 0.25) is 5.78 Å². The maximum atomic E-state index is 12.6. The quantitative estimate of drug-likeness (QED) is 0.383. The first-order chi connectivity index (χ1) is 13.3. The number of carbonyl (C=O) groups excluding carboxylic acids is 2. The predicted octanol–water partition coefficient (Wildman–Crippen LogP) is 5.41. The van der Waals surface area contributed by atoms with Gasteiger partial charge in [0, 0.05) is 33.4 Å². The standard InChI is InChI=1S/C22H22ClNO3S/c1-14-12-19(20(25)13-27-22(26)21-9-4-15(2)28-21)16(3)24(14)11-10-17-5-7-18(23)8-6-17/h4-9,12H,10-11,13H2,1-3H3.